The average molecular weight is 283 g/mol. The summed E-state index contributed by atoms with van der Waals surface area (Å²) < 4.78 is 0. The van der Waals surface area contributed by atoms with E-state index in [1.54, 1.807) is 6.07 Å². The fourth-order valence-electron chi connectivity index (χ4n) is 2.24. The Balaban J connectivity index is 2.16. The van der Waals surface area contributed by atoms with E-state index in [0.29, 0.717) is 11.3 Å². The quantitative estimate of drug-likeness (QED) is 0.802. The van der Waals surface area contributed by atoms with Crippen molar-refractivity contribution in [3.63, 3.8) is 0 Å². The standard InChI is InChI=1S/C18H21NO2/c1-3-4-5-14-7-9-15(10-8-14)19-17-11-6-13(2)12-16(17)18(20)21/h6-12,19H,3-5H2,1-2H3,(H,20,21). The molecule has 0 aliphatic carbocycles. The molecule has 3 heteroatoms. The van der Waals surface area contributed by atoms with E-state index in [1.807, 2.05) is 31.2 Å². The zero-order valence-electron chi connectivity index (χ0n) is 12.5. The van der Waals surface area contributed by atoms with Crippen molar-refractivity contribution in [2.75, 3.05) is 5.32 Å². The lowest BCUT2D eigenvalue weighted by atomic mass is 10.1. The molecule has 110 valence electrons. The van der Waals surface area contributed by atoms with Crippen molar-refractivity contribution in [2.24, 2.45) is 0 Å². The summed E-state index contributed by atoms with van der Waals surface area (Å²) in [6, 6.07) is 13.6. The van der Waals surface area contributed by atoms with Crippen LogP contribution in [0.15, 0.2) is 42.5 Å². The number of anilines is 2. The van der Waals surface area contributed by atoms with Gasteiger partial charge in [-0.05, 0) is 49.6 Å². The summed E-state index contributed by atoms with van der Waals surface area (Å²) in [6.45, 7) is 4.07. The number of hydrogen-bond donors (Lipinski definition) is 2. The minimum Gasteiger partial charge on any atom is -0.478 e. The average Bonchev–Trinajstić information content (AvgIpc) is 2.48. The summed E-state index contributed by atoms with van der Waals surface area (Å²) >= 11 is 0. The zero-order valence-corrected chi connectivity index (χ0v) is 12.5. The molecule has 0 bridgehead atoms. The van der Waals surface area contributed by atoms with E-state index < -0.39 is 5.97 Å². The monoisotopic (exact) mass is 283 g/mol. The molecule has 0 aromatic heterocycles. The number of benzene rings is 2. The number of carboxylic acid groups (broad SMARTS) is 1. The van der Waals surface area contributed by atoms with Gasteiger partial charge in [0.05, 0.1) is 11.3 Å². The third-order valence-corrected chi connectivity index (χ3v) is 3.46. The first kappa shape index (κ1) is 15.1. The summed E-state index contributed by atoms with van der Waals surface area (Å²) in [5.41, 5.74) is 4.07. The molecule has 0 aliphatic heterocycles. The molecule has 0 atom stereocenters. The molecular formula is C18H21NO2. The summed E-state index contributed by atoms with van der Waals surface area (Å²) in [7, 11) is 0. The number of aryl methyl sites for hydroxylation is 2. The molecule has 0 unspecified atom stereocenters. The third kappa shape index (κ3) is 4.09. The predicted molar refractivity (Wildman–Crippen MR) is 86.5 cm³/mol. The molecule has 2 aromatic rings. The van der Waals surface area contributed by atoms with Crippen LogP contribution in [0.25, 0.3) is 0 Å². The van der Waals surface area contributed by atoms with Gasteiger partial charge in [0.1, 0.15) is 0 Å². The lowest BCUT2D eigenvalue weighted by Crippen LogP contribution is -2.03. The van der Waals surface area contributed by atoms with Crippen LogP contribution in [0.3, 0.4) is 0 Å². The van der Waals surface area contributed by atoms with Crippen LogP contribution >= 0.6 is 0 Å². The second kappa shape index (κ2) is 6.93. The van der Waals surface area contributed by atoms with Crippen LogP contribution in [0, 0.1) is 6.92 Å². The number of hydrogen-bond acceptors (Lipinski definition) is 2. The number of unbranched alkanes of at least 4 members (excludes halogenated alkanes) is 1. The number of nitrogens with one attached hydrogen (secondary N) is 1. The SMILES string of the molecule is CCCCc1ccc(Nc2ccc(C)cc2C(=O)O)cc1. The van der Waals surface area contributed by atoms with E-state index in [4.69, 9.17) is 0 Å². The van der Waals surface area contributed by atoms with Crippen molar-refractivity contribution < 1.29 is 9.90 Å². The van der Waals surface area contributed by atoms with Crippen molar-refractivity contribution in [1.29, 1.82) is 0 Å². The molecule has 21 heavy (non-hydrogen) atoms. The van der Waals surface area contributed by atoms with Crippen molar-refractivity contribution in [1.82, 2.24) is 0 Å². The van der Waals surface area contributed by atoms with Gasteiger partial charge in [-0.25, -0.2) is 4.79 Å². The smallest absolute Gasteiger partial charge is 0.337 e. The molecule has 0 spiro atoms. The molecule has 0 amide bonds. The van der Waals surface area contributed by atoms with Gasteiger partial charge in [0.25, 0.3) is 0 Å². The molecule has 0 aliphatic rings. The van der Waals surface area contributed by atoms with E-state index in [1.165, 1.54) is 18.4 Å². The number of carboxylic acids is 1. The second-order valence-electron chi connectivity index (χ2n) is 5.28. The Bertz CT molecular complexity index is 618. The van der Waals surface area contributed by atoms with Gasteiger partial charge in [-0.15, -0.1) is 0 Å². The first-order valence-corrected chi connectivity index (χ1v) is 7.30. The molecular weight excluding hydrogens is 262 g/mol. The number of carbonyl (C=O) groups is 1. The summed E-state index contributed by atoms with van der Waals surface area (Å²) in [5, 5.41) is 12.5. The molecule has 0 fully saturated rings. The topological polar surface area (TPSA) is 49.3 Å². The van der Waals surface area contributed by atoms with Gasteiger partial charge in [0, 0.05) is 5.69 Å². The van der Waals surface area contributed by atoms with E-state index in [9.17, 15) is 9.90 Å². The maximum absolute atomic E-state index is 11.3. The highest BCUT2D eigenvalue weighted by molar-refractivity contribution is 5.95. The van der Waals surface area contributed by atoms with E-state index in [-0.39, 0.29) is 0 Å². The minimum atomic E-state index is -0.916. The predicted octanol–water partition coefficient (Wildman–Crippen LogP) is 4.78. The Morgan fingerprint density at radius 2 is 1.86 bits per heavy atom. The first-order valence-electron chi connectivity index (χ1n) is 7.30. The largest absolute Gasteiger partial charge is 0.478 e. The molecule has 0 heterocycles. The zero-order chi connectivity index (χ0) is 15.2. The lowest BCUT2D eigenvalue weighted by molar-refractivity contribution is 0.0698. The van der Waals surface area contributed by atoms with Crippen LogP contribution in [0.1, 0.15) is 41.3 Å². The molecule has 2 N–H and O–H groups in total. The van der Waals surface area contributed by atoms with Crippen molar-refractivity contribution >= 4 is 17.3 Å². The van der Waals surface area contributed by atoms with Crippen LogP contribution < -0.4 is 5.32 Å². The van der Waals surface area contributed by atoms with Crippen LogP contribution in [-0.2, 0) is 6.42 Å². The van der Waals surface area contributed by atoms with Crippen molar-refractivity contribution in [3.05, 3.63) is 59.2 Å². The van der Waals surface area contributed by atoms with Crippen molar-refractivity contribution in [2.45, 2.75) is 33.1 Å². The molecule has 0 saturated carbocycles. The maximum atomic E-state index is 11.3. The summed E-state index contributed by atoms with van der Waals surface area (Å²) in [5.74, 6) is -0.916. The summed E-state index contributed by atoms with van der Waals surface area (Å²) in [4.78, 5) is 11.3. The Hall–Kier alpha value is -2.29. The minimum absolute atomic E-state index is 0.296. The van der Waals surface area contributed by atoms with E-state index in [2.05, 4.69) is 24.4 Å². The highest BCUT2D eigenvalue weighted by Crippen LogP contribution is 2.23. The molecule has 2 rings (SSSR count). The second-order valence-corrected chi connectivity index (χ2v) is 5.28. The van der Waals surface area contributed by atoms with Crippen molar-refractivity contribution in [3.8, 4) is 0 Å². The molecule has 0 radical (unpaired) electrons. The van der Waals surface area contributed by atoms with E-state index >= 15 is 0 Å². The van der Waals surface area contributed by atoms with Gasteiger partial charge < -0.3 is 10.4 Å². The normalized spacial score (nSPS) is 10.4. The van der Waals surface area contributed by atoms with Crippen LogP contribution in [0.5, 0.6) is 0 Å². The van der Waals surface area contributed by atoms with Gasteiger partial charge in [-0.3, -0.25) is 0 Å². The van der Waals surface area contributed by atoms with Gasteiger partial charge in [-0.2, -0.15) is 0 Å². The van der Waals surface area contributed by atoms with Gasteiger partial charge in [0.15, 0.2) is 0 Å². The fraction of sp³-hybridized carbons (Fsp3) is 0.278. The Morgan fingerprint density at radius 1 is 1.14 bits per heavy atom. The highest BCUT2D eigenvalue weighted by atomic mass is 16.4. The highest BCUT2D eigenvalue weighted by Gasteiger charge is 2.10. The fourth-order valence-corrected chi connectivity index (χ4v) is 2.24. The van der Waals surface area contributed by atoms with Crippen LogP contribution in [0.2, 0.25) is 0 Å². The van der Waals surface area contributed by atoms with Gasteiger partial charge in [0.2, 0.25) is 0 Å². The molecule has 0 saturated heterocycles. The Labute approximate surface area is 125 Å². The number of aromatic carboxylic acids is 1. The summed E-state index contributed by atoms with van der Waals surface area (Å²) in [6.07, 6.45) is 3.46. The van der Waals surface area contributed by atoms with Crippen LogP contribution in [-0.4, -0.2) is 11.1 Å². The molecule has 3 nitrogen and oxygen atoms in total. The maximum Gasteiger partial charge on any atom is 0.337 e. The Morgan fingerprint density at radius 3 is 2.48 bits per heavy atom. The molecule has 2 aromatic carbocycles. The first-order chi connectivity index (χ1) is 10.1. The lowest BCUT2D eigenvalue weighted by Gasteiger charge is -2.11. The van der Waals surface area contributed by atoms with Gasteiger partial charge in [-0.1, -0.05) is 37.1 Å². The van der Waals surface area contributed by atoms with E-state index in [0.717, 1.165) is 17.7 Å². The number of rotatable bonds is 6. The third-order valence-electron chi connectivity index (χ3n) is 3.46. The van der Waals surface area contributed by atoms with Crippen LogP contribution in [0.4, 0.5) is 11.4 Å². The Kier molecular flexibility index (Phi) is 4.99. The van der Waals surface area contributed by atoms with Gasteiger partial charge >= 0.3 is 5.97 Å².